The van der Waals surface area contributed by atoms with Crippen LogP contribution in [-0.4, -0.2) is 5.78 Å². The molecule has 0 atom stereocenters. The summed E-state index contributed by atoms with van der Waals surface area (Å²) >= 11 is 0. The summed E-state index contributed by atoms with van der Waals surface area (Å²) in [5.41, 5.74) is 1.50. The maximum Gasteiger partial charge on any atom is 0.166 e. The molecule has 0 heterocycles. The van der Waals surface area contributed by atoms with Gasteiger partial charge in [0.15, 0.2) is 5.78 Å². The molecule has 2 heteroatoms. The Morgan fingerprint density at radius 3 is 2.67 bits per heavy atom. The van der Waals surface area contributed by atoms with Crippen molar-refractivity contribution in [2.45, 2.75) is 37.5 Å². The van der Waals surface area contributed by atoms with Gasteiger partial charge in [0.1, 0.15) is 5.82 Å². The molecule has 0 bridgehead atoms. The van der Waals surface area contributed by atoms with Crippen LogP contribution in [-0.2, 0) is 5.41 Å². The predicted octanol–water partition coefficient (Wildman–Crippen LogP) is 3.22. The summed E-state index contributed by atoms with van der Waals surface area (Å²) < 4.78 is 13.6. The molecule has 1 fully saturated rings. The van der Waals surface area contributed by atoms with Gasteiger partial charge in [0.25, 0.3) is 0 Å². The fourth-order valence-electron chi connectivity index (χ4n) is 2.98. The van der Waals surface area contributed by atoms with E-state index in [-0.39, 0.29) is 17.0 Å². The van der Waals surface area contributed by atoms with Gasteiger partial charge in [-0.2, -0.15) is 0 Å². The van der Waals surface area contributed by atoms with Crippen LogP contribution >= 0.6 is 0 Å². The van der Waals surface area contributed by atoms with Crippen molar-refractivity contribution in [1.29, 1.82) is 0 Å². The topological polar surface area (TPSA) is 17.1 Å². The van der Waals surface area contributed by atoms with Crippen LogP contribution in [0.1, 0.15) is 48.0 Å². The van der Waals surface area contributed by atoms with Gasteiger partial charge in [0.05, 0.1) is 5.56 Å². The predicted molar refractivity (Wildman–Crippen MR) is 55.5 cm³/mol. The first-order valence-corrected chi connectivity index (χ1v) is 5.55. The molecule has 1 nitrogen and oxygen atoms in total. The van der Waals surface area contributed by atoms with Crippen molar-refractivity contribution in [3.63, 3.8) is 0 Å². The van der Waals surface area contributed by atoms with Crippen LogP contribution in [0, 0.1) is 5.82 Å². The van der Waals surface area contributed by atoms with E-state index < -0.39 is 0 Å². The van der Waals surface area contributed by atoms with Crippen LogP contribution in [0.4, 0.5) is 4.39 Å². The van der Waals surface area contributed by atoms with Crippen molar-refractivity contribution >= 4 is 5.78 Å². The second-order valence-corrected chi connectivity index (χ2v) is 4.72. The van der Waals surface area contributed by atoms with E-state index in [1.807, 2.05) is 6.07 Å². The molecule has 1 spiro atoms. The molecule has 1 aromatic rings. The molecular weight excluding hydrogens is 191 g/mol. The Morgan fingerprint density at radius 2 is 2.00 bits per heavy atom. The van der Waals surface area contributed by atoms with Crippen LogP contribution in [0.25, 0.3) is 0 Å². The summed E-state index contributed by atoms with van der Waals surface area (Å²) in [6.07, 6.45) is 4.90. The lowest BCUT2D eigenvalue weighted by Crippen LogP contribution is -2.39. The first-order chi connectivity index (χ1) is 7.23. The Kier molecular flexibility index (Phi) is 1.76. The maximum absolute atomic E-state index is 13.6. The van der Waals surface area contributed by atoms with E-state index in [1.165, 1.54) is 12.5 Å². The average molecular weight is 204 g/mol. The summed E-state index contributed by atoms with van der Waals surface area (Å²) in [5.74, 6) is -0.343. The lowest BCUT2D eigenvalue weighted by Gasteiger charge is -2.45. The third-order valence-electron chi connectivity index (χ3n) is 4.01. The molecule has 78 valence electrons. The number of carbonyl (C=O) groups is 1. The van der Waals surface area contributed by atoms with E-state index in [4.69, 9.17) is 0 Å². The van der Waals surface area contributed by atoms with Crippen molar-refractivity contribution in [2.24, 2.45) is 0 Å². The van der Waals surface area contributed by atoms with Crippen LogP contribution in [0.5, 0.6) is 0 Å². The zero-order chi connectivity index (χ0) is 10.5. The molecule has 1 saturated carbocycles. The molecule has 0 aliphatic heterocycles. The molecule has 3 rings (SSSR count). The Balaban J connectivity index is 2.21. The summed E-state index contributed by atoms with van der Waals surface area (Å²) in [6, 6.07) is 5.07. The van der Waals surface area contributed by atoms with Crippen LogP contribution in [0.2, 0.25) is 0 Å². The van der Waals surface area contributed by atoms with E-state index in [0.29, 0.717) is 12.0 Å². The normalized spacial score (nSPS) is 22.3. The Morgan fingerprint density at radius 1 is 1.20 bits per heavy atom. The highest BCUT2D eigenvalue weighted by molar-refractivity contribution is 5.99. The highest BCUT2D eigenvalue weighted by Gasteiger charge is 2.44. The molecule has 0 saturated heterocycles. The number of fused-ring (bicyclic) bond motifs is 2. The lowest BCUT2D eigenvalue weighted by molar-refractivity contribution is 0.0914. The molecule has 0 N–H and O–H groups in total. The van der Waals surface area contributed by atoms with Gasteiger partial charge in [-0.05, 0) is 36.3 Å². The van der Waals surface area contributed by atoms with Crippen LogP contribution in [0.15, 0.2) is 18.2 Å². The molecule has 0 aromatic heterocycles. The largest absolute Gasteiger partial charge is 0.294 e. The Bertz CT molecular complexity index is 432. The fraction of sp³-hybridized carbons (Fsp3) is 0.462. The number of rotatable bonds is 0. The standard InChI is InChI=1S/C13H13FO/c14-10-4-1-3-9-12(10)11(15)5-8-13(9)6-2-7-13/h1,3-4H,2,5-8H2. The molecular formula is C13H13FO. The van der Waals surface area contributed by atoms with E-state index in [2.05, 4.69) is 0 Å². The van der Waals surface area contributed by atoms with Crippen molar-refractivity contribution < 1.29 is 9.18 Å². The monoisotopic (exact) mass is 204 g/mol. The minimum absolute atomic E-state index is 0.0133. The third kappa shape index (κ3) is 1.11. The molecule has 15 heavy (non-hydrogen) atoms. The van der Waals surface area contributed by atoms with Crippen molar-refractivity contribution in [2.75, 3.05) is 0 Å². The van der Waals surface area contributed by atoms with Crippen molar-refractivity contribution in [1.82, 2.24) is 0 Å². The smallest absolute Gasteiger partial charge is 0.166 e. The van der Waals surface area contributed by atoms with E-state index in [1.54, 1.807) is 6.07 Å². The van der Waals surface area contributed by atoms with Crippen LogP contribution < -0.4 is 0 Å². The van der Waals surface area contributed by atoms with Gasteiger partial charge in [0.2, 0.25) is 0 Å². The number of halogens is 1. The molecule has 1 aromatic carbocycles. The molecule has 0 radical (unpaired) electrons. The number of carbonyl (C=O) groups excluding carboxylic acids is 1. The molecule has 2 aliphatic carbocycles. The van der Waals surface area contributed by atoms with Gasteiger partial charge in [-0.15, -0.1) is 0 Å². The molecule has 2 aliphatic rings. The number of ketones is 1. The first kappa shape index (κ1) is 9.08. The van der Waals surface area contributed by atoms with Gasteiger partial charge in [-0.1, -0.05) is 18.6 Å². The highest BCUT2D eigenvalue weighted by atomic mass is 19.1. The average Bonchev–Trinajstić information content (AvgIpc) is 2.16. The minimum Gasteiger partial charge on any atom is -0.294 e. The lowest BCUT2D eigenvalue weighted by atomic mass is 9.58. The van der Waals surface area contributed by atoms with E-state index in [9.17, 15) is 9.18 Å². The third-order valence-corrected chi connectivity index (χ3v) is 4.01. The zero-order valence-corrected chi connectivity index (χ0v) is 8.55. The second kappa shape index (κ2) is 2.91. The summed E-state index contributed by atoms with van der Waals surface area (Å²) in [6.45, 7) is 0. The number of benzene rings is 1. The number of hydrogen-bond acceptors (Lipinski definition) is 1. The second-order valence-electron chi connectivity index (χ2n) is 4.72. The number of Topliss-reactive ketones (excluding diaryl/α,β-unsaturated/α-hetero) is 1. The summed E-state index contributed by atoms with van der Waals surface area (Å²) in [7, 11) is 0. The van der Waals surface area contributed by atoms with Crippen molar-refractivity contribution in [3.8, 4) is 0 Å². The van der Waals surface area contributed by atoms with E-state index >= 15 is 0 Å². The molecule has 0 unspecified atom stereocenters. The first-order valence-electron chi connectivity index (χ1n) is 5.55. The minimum atomic E-state index is -0.330. The van der Waals surface area contributed by atoms with Gasteiger partial charge in [-0.25, -0.2) is 4.39 Å². The highest BCUT2D eigenvalue weighted by Crippen LogP contribution is 2.51. The Hall–Kier alpha value is -1.18. The van der Waals surface area contributed by atoms with Crippen molar-refractivity contribution in [3.05, 3.63) is 35.1 Å². The van der Waals surface area contributed by atoms with Gasteiger partial charge in [0, 0.05) is 6.42 Å². The molecule has 0 amide bonds. The van der Waals surface area contributed by atoms with Crippen LogP contribution in [0.3, 0.4) is 0 Å². The summed E-state index contributed by atoms with van der Waals surface area (Å²) in [4.78, 5) is 11.7. The zero-order valence-electron chi connectivity index (χ0n) is 8.55. The number of hydrogen-bond donors (Lipinski definition) is 0. The van der Waals surface area contributed by atoms with Gasteiger partial charge >= 0.3 is 0 Å². The summed E-state index contributed by atoms with van der Waals surface area (Å²) in [5, 5.41) is 0. The van der Waals surface area contributed by atoms with Gasteiger partial charge < -0.3 is 0 Å². The van der Waals surface area contributed by atoms with E-state index in [0.717, 1.165) is 24.8 Å². The van der Waals surface area contributed by atoms with Gasteiger partial charge in [-0.3, -0.25) is 4.79 Å². The fourth-order valence-corrected chi connectivity index (χ4v) is 2.98. The SMILES string of the molecule is O=C1CCC2(CCC2)c2cccc(F)c21. The Labute approximate surface area is 88.3 Å². The quantitative estimate of drug-likeness (QED) is 0.634. The maximum atomic E-state index is 13.6.